The Labute approximate surface area is 281 Å². The van der Waals surface area contributed by atoms with Crippen LogP contribution in [0.25, 0.3) is 0 Å². The maximum absolute atomic E-state index is 5.29. The van der Waals surface area contributed by atoms with Crippen molar-refractivity contribution in [2.75, 3.05) is 87.8 Å². The van der Waals surface area contributed by atoms with Gasteiger partial charge in [0.2, 0.25) is 0 Å². The fourth-order valence-electron chi connectivity index (χ4n) is 1.21. The van der Waals surface area contributed by atoms with Gasteiger partial charge >= 0.3 is 32.7 Å². The van der Waals surface area contributed by atoms with Crippen LogP contribution in [0.4, 0.5) is 0 Å². The fourth-order valence-corrected chi connectivity index (χ4v) is 1.21. The maximum atomic E-state index is 5.29. The Morgan fingerprint density at radius 2 is 0.821 bits per heavy atom. The molecule has 0 saturated carbocycles. The summed E-state index contributed by atoms with van der Waals surface area (Å²) in [5, 5.41) is 0. The minimum Gasteiger partial charge on any atom is -0.458 e. The summed E-state index contributed by atoms with van der Waals surface area (Å²) in [5.41, 5.74) is 0. The van der Waals surface area contributed by atoms with Gasteiger partial charge in [-0.25, -0.2) is 0 Å². The van der Waals surface area contributed by atoms with Gasteiger partial charge in [0.1, 0.15) is 0 Å². The number of likely N-dealkylation sites (N-methyl/N-ethyl adjacent to an activating group) is 1. The van der Waals surface area contributed by atoms with Gasteiger partial charge in [-0.05, 0) is 14.0 Å². The van der Waals surface area contributed by atoms with Gasteiger partial charge in [-0.3, -0.25) is 7.05 Å². The molecule has 0 rings (SSSR count). The second-order valence-electron chi connectivity index (χ2n) is 5.63. The number of methoxy groups -OCH3 is 3. The summed E-state index contributed by atoms with van der Waals surface area (Å²) < 4.78 is 29.7. The zero-order valence-corrected chi connectivity index (χ0v) is 22.1. The first kappa shape index (κ1) is 97.4. The molecule has 0 aromatic carbocycles. The molecule has 0 spiro atoms. The summed E-state index contributed by atoms with van der Waals surface area (Å²) in [5.74, 6) is 0. The zero-order valence-electron chi connectivity index (χ0n) is 19.3. The average molecular weight is 660 g/mol. The van der Waals surface area contributed by atoms with Gasteiger partial charge < -0.3 is 46.2 Å². The van der Waals surface area contributed by atoms with E-state index in [1.807, 2.05) is 38.6 Å². The van der Waals surface area contributed by atoms with Crippen molar-refractivity contribution in [1.29, 1.82) is 0 Å². The molecule has 0 saturated heterocycles. The first-order valence-electron chi connectivity index (χ1n) is 9.30. The van der Waals surface area contributed by atoms with Gasteiger partial charge in [-0.1, -0.05) is 94.9 Å². The van der Waals surface area contributed by atoms with Gasteiger partial charge in [-0.2, -0.15) is 13.8 Å². The van der Waals surface area contributed by atoms with E-state index in [1.54, 1.807) is 21.3 Å². The molecule has 0 N–H and O–H groups in total. The Morgan fingerprint density at radius 3 is 1.03 bits per heavy atom. The summed E-state index contributed by atoms with van der Waals surface area (Å²) in [4.78, 5) is 1.88. The van der Waals surface area contributed by atoms with E-state index in [4.69, 9.17) is 28.4 Å². The van der Waals surface area contributed by atoms with Crippen molar-refractivity contribution in [2.45, 2.75) is 109 Å². The predicted molar refractivity (Wildman–Crippen MR) is 185 cm³/mol. The molecule has 0 radical (unpaired) electrons. The first-order chi connectivity index (χ1) is 13.0. The molecule has 0 fully saturated rings. The van der Waals surface area contributed by atoms with Crippen LogP contribution in [0, 0.1) is 19.9 Å². The molecule has 7 nitrogen and oxygen atoms in total. The van der Waals surface area contributed by atoms with Crippen LogP contribution in [0.3, 0.4) is 0 Å². The second kappa shape index (κ2) is 97.9. The SMILES string of the molecule is C.C.C.C.C.C.C.C.C.C.C.C[CH-]COCCOC.C[CH-]COCCOC.[CH2-]N(C)C(C)COCCOC.[Y+3]. The summed E-state index contributed by atoms with van der Waals surface area (Å²) >= 11 is 0. The Morgan fingerprint density at radius 1 is 0.564 bits per heavy atom. The van der Waals surface area contributed by atoms with Crippen LogP contribution < -0.4 is 0 Å². The van der Waals surface area contributed by atoms with E-state index in [1.165, 1.54) is 0 Å². The Bertz CT molecular complexity index is 219. The molecule has 0 aliphatic rings. The monoisotopic (exact) mass is 660 g/mol. The van der Waals surface area contributed by atoms with Crippen LogP contribution >= 0.6 is 0 Å². The minimum atomic E-state index is 0. The third-order valence-corrected chi connectivity index (χ3v) is 2.98. The van der Waals surface area contributed by atoms with Gasteiger partial charge in [0.15, 0.2) is 0 Å². The van der Waals surface area contributed by atoms with Crippen LogP contribution in [-0.4, -0.2) is 98.8 Å². The molecule has 1 unspecified atom stereocenters. The molecule has 0 aliphatic heterocycles. The predicted octanol–water partition coefficient (Wildman–Crippen LogP) is 9.50. The van der Waals surface area contributed by atoms with E-state index in [9.17, 15) is 0 Å². The van der Waals surface area contributed by atoms with Crippen molar-refractivity contribution in [3.05, 3.63) is 19.9 Å². The number of hydrogen-bond acceptors (Lipinski definition) is 7. The first-order valence-corrected chi connectivity index (χ1v) is 9.30. The zero-order chi connectivity index (χ0) is 21.2. The average Bonchev–Trinajstić information content (AvgIpc) is 2.67. The Hall–Kier alpha value is 0.824. The van der Waals surface area contributed by atoms with E-state index in [-0.39, 0.29) is 114 Å². The van der Waals surface area contributed by atoms with E-state index in [0.717, 1.165) is 13.2 Å². The summed E-state index contributed by atoms with van der Waals surface area (Å²) in [6.07, 6.45) is 3.94. The van der Waals surface area contributed by atoms with Crippen LogP contribution in [0.2, 0.25) is 0 Å². The number of nitrogens with zero attached hydrogens (tertiary/aromatic N) is 1. The smallest absolute Gasteiger partial charge is 0.458 e. The third-order valence-electron chi connectivity index (χ3n) is 2.98. The molecule has 0 amide bonds. The number of hydrogen-bond donors (Lipinski definition) is 0. The van der Waals surface area contributed by atoms with Crippen LogP contribution in [0.5, 0.6) is 0 Å². The summed E-state index contributed by atoms with van der Waals surface area (Å²) in [6, 6.07) is 0.367. The van der Waals surface area contributed by atoms with Crippen LogP contribution in [0.15, 0.2) is 0 Å². The normalized spacial score (nSPS) is 7.92. The molecule has 8 heteroatoms. The van der Waals surface area contributed by atoms with E-state index >= 15 is 0 Å². The van der Waals surface area contributed by atoms with E-state index < -0.39 is 0 Å². The quantitative estimate of drug-likeness (QED) is 0.121. The standard InChI is InChI=1S/C8H18NO2.2C6H13O2.11CH4.Y/c1-8(9(2)3)7-11-6-5-10-4;2*1-3-4-8-6-5-7-2;;;;;;;;;;;;/h8H,2,5-7H2,1,3-4H3;2*3H,4-6H2,1-2H3;11*1H4;/q3*-1;;;;;;;;;;;;+3. The van der Waals surface area contributed by atoms with Crippen molar-refractivity contribution in [2.24, 2.45) is 0 Å². The van der Waals surface area contributed by atoms with Crippen molar-refractivity contribution in [1.82, 2.24) is 4.90 Å². The Balaban J connectivity index is -0.0000000149. The van der Waals surface area contributed by atoms with E-state index in [2.05, 4.69) is 14.0 Å². The van der Waals surface area contributed by atoms with Crippen molar-refractivity contribution in [3.8, 4) is 0 Å². The molecule has 0 aromatic rings. The van der Waals surface area contributed by atoms with Gasteiger partial charge in [0.05, 0.1) is 46.2 Å². The minimum absolute atomic E-state index is 0. The molecule has 0 heterocycles. The number of ether oxygens (including phenoxy) is 6. The van der Waals surface area contributed by atoms with Crippen molar-refractivity contribution in [3.63, 3.8) is 0 Å². The molecule has 256 valence electrons. The Kier molecular flexibility index (Phi) is 244. The van der Waals surface area contributed by atoms with Crippen LogP contribution in [-0.2, 0) is 61.1 Å². The van der Waals surface area contributed by atoms with Gasteiger partial charge in [0.25, 0.3) is 0 Å². The molecule has 1 atom stereocenters. The fraction of sp³-hybridized carbons (Fsp3) is 0.903. The van der Waals surface area contributed by atoms with Crippen molar-refractivity contribution < 1.29 is 61.1 Å². The number of rotatable bonds is 16. The third kappa shape index (κ3) is 121. The molecule has 39 heavy (non-hydrogen) atoms. The van der Waals surface area contributed by atoms with Gasteiger partial charge in [0, 0.05) is 27.4 Å². The van der Waals surface area contributed by atoms with Crippen molar-refractivity contribution >= 4 is 0 Å². The maximum Gasteiger partial charge on any atom is 3.00 e. The molecule has 0 bridgehead atoms. The largest absolute Gasteiger partial charge is 3.00 e. The second-order valence-corrected chi connectivity index (χ2v) is 5.63. The molecule has 0 aliphatic carbocycles. The molecular weight excluding hydrogens is 571 g/mol. The molecular formula is C31H88NO6Y. The summed E-state index contributed by atoms with van der Waals surface area (Å²) in [7, 11) is 10.7. The van der Waals surface area contributed by atoms with E-state index in [0.29, 0.717) is 52.3 Å². The van der Waals surface area contributed by atoms with Gasteiger partial charge in [-0.15, -0.1) is 0 Å². The molecule has 0 aromatic heterocycles. The summed E-state index contributed by atoms with van der Waals surface area (Å²) in [6.45, 7) is 12.3. The van der Waals surface area contributed by atoms with Crippen LogP contribution in [0.1, 0.15) is 102 Å². The topological polar surface area (TPSA) is 58.6 Å².